The molecular formula is C21H20N4O3S. The Hall–Kier alpha value is -3.26. The number of anilines is 1. The maximum atomic E-state index is 12.8. The Labute approximate surface area is 171 Å². The maximum absolute atomic E-state index is 12.8. The summed E-state index contributed by atoms with van der Waals surface area (Å²) < 4.78 is 11.5. The van der Waals surface area contributed by atoms with E-state index >= 15 is 0 Å². The molecule has 0 bridgehead atoms. The molecule has 148 valence electrons. The van der Waals surface area contributed by atoms with Crippen molar-refractivity contribution in [1.29, 1.82) is 0 Å². The van der Waals surface area contributed by atoms with E-state index in [2.05, 4.69) is 15.1 Å². The largest absolute Gasteiger partial charge is 0.497 e. The van der Waals surface area contributed by atoms with Crippen molar-refractivity contribution in [2.24, 2.45) is 0 Å². The zero-order valence-corrected chi connectivity index (χ0v) is 17.0. The molecule has 7 nitrogen and oxygen atoms in total. The van der Waals surface area contributed by atoms with Crippen molar-refractivity contribution in [2.45, 2.75) is 19.8 Å². The topological polar surface area (TPSA) is 81.4 Å². The number of amides is 1. The summed E-state index contributed by atoms with van der Waals surface area (Å²) in [5, 5.41) is 4.72. The second-order valence-corrected chi connectivity index (χ2v) is 7.35. The van der Waals surface area contributed by atoms with Gasteiger partial charge >= 0.3 is 0 Å². The van der Waals surface area contributed by atoms with E-state index < -0.39 is 0 Å². The van der Waals surface area contributed by atoms with E-state index in [1.54, 1.807) is 12.0 Å². The summed E-state index contributed by atoms with van der Waals surface area (Å²) in [4.78, 5) is 23.4. The van der Waals surface area contributed by atoms with Gasteiger partial charge in [0.1, 0.15) is 5.75 Å². The Morgan fingerprint density at radius 1 is 1.14 bits per heavy atom. The van der Waals surface area contributed by atoms with Crippen LogP contribution in [0.1, 0.15) is 19.2 Å². The van der Waals surface area contributed by atoms with Crippen LogP contribution in [-0.2, 0) is 11.2 Å². The van der Waals surface area contributed by atoms with Crippen molar-refractivity contribution < 1.29 is 14.1 Å². The Balaban J connectivity index is 1.42. The van der Waals surface area contributed by atoms with Crippen molar-refractivity contribution in [3.05, 3.63) is 54.4 Å². The predicted octanol–water partition coefficient (Wildman–Crippen LogP) is 4.34. The number of fused-ring (bicyclic) bond motifs is 1. The highest BCUT2D eigenvalue weighted by Crippen LogP contribution is 2.29. The number of hydrogen-bond donors (Lipinski definition) is 0. The summed E-state index contributed by atoms with van der Waals surface area (Å²) in [5.74, 6) is 1.67. The average Bonchev–Trinajstić information content (AvgIpc) is 3.40. The molecule has 2 heterocycles. The Bertz CT molecular complexity index is 1090. The number of carbonyl (C=O) groups is 1. The van der Waals surface area contributed by atoms with Gasteiger partial charge in [-0.05, 0) is 43.3 Å². The van der Waals surface area contributed by atoms with Crippen LogP contribution in [0.4, 0.5) is 5.13 Å². The van der Waals surface area contributed by atoms with Gasteiger partial charge in [0.25, 0.3) is 0 Å². The lowest BCUT2D eigenvalue weighted by atomic mass is 10.2. The zero-order valence-electron chi connectivity index (χ0n) is 16.2. The van der Waals surface area contributed by atoms with Crippen LogP contribution in [0, 0.1) is 0 Å². The third kappa shape index (κ3) is 4.12. The van der Waals surface area contributed by atoms with Crippen LogP contribution in [0.15, 0.2) is 53.1 Å². The smallest absolute Gasteiger partial charge is 0.229 e. The lowest BCUT2D eigenvalue weighted by molar-refractivity contribution is -0.118. The fourth-order valence-electron chi connectivity index (χ4n) is 2.96. The van der Waals surface area contributed by atoms with Gasteiger partial charge in [0.2, 0.25) is 17.6 Å². The molecule has 0 fully saturated rings. The van der Waals surface area contributed by atoms with Gasteiger partial charge in [-0.2, -0.15) is 4.98 Å². The minimum atomic E-state index is -0.0178. The maximum Gasteiger partial charge on any atom is 0.229 e. The third-order valence-electron chi connectivity index (χ3n) is 4.50. The molecule has 4 aromatic rings. The van der Waals surface area contributed by atoms with Gasteiger partial charge < -0.3 is 9.26 Å². The molecule has 0 saturated heterocycles. The third-order valence-corrected chi connectivity index (χ3v) is 5.56. The monoisotopic (exact) mass is 408 g/mol. The summed E-state index contributed by atoms with van der Waals surface area (Å²) in [5.41, 5.74) is 1.73. The Morgan fingerprint density at radius 2 is 1.93 bits per heavy atom. The van der Waals surface area contributed by atoms with Crippen molar-refractivity contribution in [1.82, 2.24) is 15.1 Å². The summed E-state index contributed by atoms with van der Waals surface area (Å²) in [6.07, 6.45) is 0.650. The summed E-state index contributed by atoms with van der Waals surface area (Å²) in [6.45, 7) is 2.50. The highest BCUT2D eigenvalue weighted by atomic mass is 32.1. The van der Waals surface area contributed by atoms with Gasteiger partial charge in [-0.25, -0.2) is 4.98 Å². The van der Waals surface area contributed by atoms with Crippen LogP contribution in [0.25, 0.3) is 21.6 Å². The number of carbonyl (C=O) groups excluding carboxylic acids is 1. The van der Waals surface area contributed by atoms with Gasteiger partial charge in [0.15, 0.2) is 5.13 Å². The molecule has 4 rings (SSSR count). The number of ether oxygens (including phenoxy) is 1. The first-order valence-electron chi connectivity index (χ1n) is 9.31. The molecule has 0 atom stereocenters. The number of nitrogens with zero attached hydrogens (tertiary/aromatic N) is 4. The molecule has 8 heteroatoms. The number of aromatic nitrogens is 3. The molecule has 0 saturated carbocycles. The first kappa shape index (κ1) is 19.1. The predicted molar refractivity (Wildman–Crippen MR) is 112 cm³/mol. The first-order chi connectivity index (χ1) is 14.2. The molecular weight excluding hydrogens is 388 g/mol. The van der Waals surface area contributed by atoms with Crippen molar-refractivity contribution in [3.8, 4) is 17.1 Å². The minimum absolute atomic E-state index is 0.0178. The number of benzene rings is 2. The number of methoxy groups -OCH3 is 1. The number of thiazole rings is 1. The van der Waals surface area contributed by atoms with Crippen LogP contribution < -0.4 is 9.64 Å². The van der Waals surface area contributed by atoms with Gasteiger partial charge in [-0.1, -0.05) is 28.6 Å². The van der Waals surface area contributed by atoms with E-state index in [4.69, 9.17) is 9.26 Å². The fourth-order valence-corrected chi connectivity index (χ4v) is 4.00. The van der Waals surface area contributed by atoms with E-state index in [-0.39, 0.29) is 12.3 Å². The molecule has 29 heavy (non-hydrogen) atoms. The summed E-state index contributed by atoms with van der Waals surface area (Å²) in [6, 6.07) is 15.3. The molecule has 0 radical (unpaired) electrons. The molecule has 0 aliphatic heterocycles. The zero-order chi connectivity index (χ0) is 20.2. The second kappa shape index (κ2) is 8.40. The summed E-state index contributed by atoms with van der Waals surface area (Å²) in [7, 11) is 1.62. The molecule has 0 unspecified atom stereocenters. The number of para-hydroxylation sites is 1. The Kier molecular flexibility index (Phi) is 5.53. The molecule has 2 aromatic carbocycles. The quantitative estimate of drug-likeness (QED) is 0.452. The SMILES string of the molecule is CCN(C(=O)CCc1nc(-c2ccc(OC)cc2)no1)c1nc2ccccc2s1. The molecule has 2 aromatic heterocycles. The van der Waals surface area contributed by atoms with Crippen molar-refractivity contribution >= 4 is 32.6 Å². The van der Waals surface area contributed by atoms with Gasteiger partial charge in [-0.15, -0.1) is 0 Å². The normalized spacial score (nSPS) is 11.0. The molecule has 1 amide bonds. The lowest BCUT2D eigenvalue weighted by Crippen LogP contribution is -2.30. The standard InChI is InChI=1S/C21H20N4O3S/c1-3-25(21-22-16-6-4-5-7-17(16)29-21)19(26)13-12-18-23-20(24-28-18)14-8-10-15(27-2)11-9-14/h4-11H,3,12-13H2,1-2H3. The molecule has 0 aliphatic carbocycles. The van der Waals surface area contributed by atoms with E-state index in [0.717, 1.165) is 21.5 Å². The van der Waals surface area contributed by atoms with E-state index in [9.17, 15) is 4.79 Å². The minimum Gasteiger partial charge on any atom is -0.497 e. The Morgan fingerprint density at radius 3 is 2.66 bits per heavy atom. The van der Waals surface area contributed by atoms with Crippen LogP contribution >= 0.6 is 11.3 Å². The number of rotatable bonds is 7. The van der Waals surface area contributed by atoms with E-state index in [1.807, 2.05) is 55.5 Å². The van der Waals surface area contributed by atoms with E-state index in [1.165, 1.54) is 11.3 Å². The number of aryl methyl sites for hydroxylation is 1. The molecule has 0 aliphatic rings. The average molecular weight is 408 g/mol. The van der Waals surface area contributed by atoms with Crippen LogP contribution in [0.2, 0.25) is 0 Å². The fraction of sp³-hybridized carbons (Fsp3) is 0.238. The van der Waals surface area contributed by atoms with E-state index in [0.29, 0.717) is 29.8 Å². The molecule has 0 spiro atoms. The lowest BCUT2D eigenvalue weighted by Gasteiger charge is -2.16. The van der Waals surface area contributed by atoms with Gasteiger partial charge in [0, 0.05) is 24.9 Å². The summed E-state index contributed by atoms with van der Waals surface area (Å²) >= 11 is 1.52. The van der Waals surface area contributed by atoms with Crippen LogP contribution in [-0.4, -0.2) is 34.7 Å². The molecule has 0 N–H and O–H groups in total. The highest BCUT2D eigenvalue weighted by Gasteiger charge is 2.19. The van der Waals surface area contributed by atoms with Crippen molar-refractivity contribution in [3.63, 3.8) is 0 Å². The number of hydrogen-bond acceptors (Lipinski definition) is 7. The first-order valence-corrected chi connectivity index (χ1v) is 10.1. The second-order valence-electron chi connectivity index (χ2n) is 6.34. The highest BCUT2D eigenvalue weighted by molar-refractivity contribution is 7.22. The van der Waals surface area contributed by atoms with Gasteiger partial charge in [0.05, 0.1) is 17.3 Å². The van der Waals surface area contributed by atoms with Crippen molar-refractivity contribution in [2.75, 3.05) is 18.6 Å². The van der Waals surface area contributed by atoms with Crippen LogP contribution in [0.5, 0.6) is 5.75 Å². The van der Waals surface area contributed by atoms with Gasteiger partial charge in [-0.3, -0.25) is 9.69 Å². The van der Waals surface area contributed by atoms with Crippen LogP contribution in [0.3, 0.4) is 0 Å².